The Balaban J connectivity index is 1.27. The van der Waals surface area contributed by atoms with Gasteiger partial charge in [-0.3, -0.25) is 0 Å². The number of halogens is 6. The van der Waals surface area contributed by atoms with E-state index in [9.17, 15) is 35.9 Å². The summed E-state index contributed by atoms with van der Waals surface area (Å²) in [4.78, 5) is 24.3. The molecule has 0 saturated carbocycles. The fourth-order valence-electron chi connectivity index (χ4n) is 3.72. The molecule has 0 unspecified atom stereocenters. The number of rotatable bonds is 8. The summed E-state index contributed by atoms with van der Waals surface area (Å²) in [5.41, 5.74) is -0.133. The normalized spacial score (nSPS) is 10.7. The zero-order chi connectivity index (χ0) is 31.4. The molecule has 0 aliphatic carbocycles. The van der Waals surface area contributed by atoms with Crippen LogP contribution in [-0.4, -0.2) is 11.9 Å². The van der Waals surface area contributed by atoms with Gasteiger partial charge in [-0.05, 0) is 84.9 Å². The maximum absolute atomic E-state index is 14.8. The van der Waals surface area contributed by atoms with Crippen LogP contribution in [0.5, 0.6) is 34.5 Å². The van der Waals surface area contributed by atoms with Crippen LogP contribution in [0.25, 0.3) is 0 Å². The Morgan fingerprint density at radius 1 is 0.432 bits per heavy atom. The SMILES string of the molecule is O=C(Oc1ccc(Oc2c(F)c(F)c(Oc3ccc(OC(=O)c4cccc(F)c4)cc3)c(F)c2F)cc1)c1cccc(F)c1. The van der Waals surface area contributed by atoms with E-state index >= 15 is 0 Å². The van der Waals surface area contributed by atoms with Crippen LogP contribution in [0.1, 0.15) is 20.7 Å². The van der Waals surface area contributed by atoms with E-state index in [0.717, 1.165) is 48.5 Å². The Kier molecular flexibility index (Phi) is 8.51. The first-order valence-corrected chi connectivity index (χ1v) is 12.5. The Hall–Kier alpha value is -5.78. The largest absolute Gasteiger partial charge is 0.451 e. The van der Waals surface area contributed by atoms with Crippen LogP contribution in [-0.2, 0) is 0 Å². The van der Waals surface area contributed by atoms with Crippen LogP contribution in [0.4, 0.5) is 26.3 Å². The molecule has 0 amide bonds. The molecule has 0 saturated heterocycles. The highest BCUT2D eigenvalue weighted by Crippen LogP contribution is 2.39. The summed E-state index contributed by atoms with van der Waals surface area (Å²) in [6.07, 6.45) is 0. The van der Waals surface area contributed by atoms with Crippen molar-refractivity contribution in [1.29, 1.82) is 0 Å². The molecule has 44 heavy (non-hydrogen) atoms. The Morgan fingerprint density at radius 2 is 0.750 bits per heavy atom. The zero-order valence-corrected chi connectivity index (χ0v) is 22.0. The molecular weight excluding hydrogens is 594 g/mol. The standard InChI is InChI=1S/C32H16F6O6/c33-19-5-1-3-17(15-19)31(39)43-23-11-7-21(8-12-23)41-29-25(35)27(37)30(28(38)26(29)36)42-22-9-13-24(14-10-22)44-32(40)18-4-2-6-20(34)16-18/h1-16H. The van der Waals surface area contributed by atoms with Gasteiger partial charge in [0.25, 0.3) is 0 Å². The number of carbonyl (C=O) groups is 2. The minimum atomic E-state index is -1.90. The van der Waals surface area contributed by atoms with E-state index in [-0.39, 0.29) is 34.1 Å². The van der Waals surface area contributed by atoms with Crippen molar-refractivity contribution >= 4 is 11.9 Å². The van der Waals surface area contributed by atoms with Gasteiger partial charge >= 0.3 is 11.9 Å². The molecule has 5 aromatic rings. The number of hydrogen-bond donors (Lipinski definition) is 0. The Bertz CT molecular complexity index is 1690. The van der Waals surface area contributed by atoms with Crippen molar-refractivity contribution in [1.82, 2.24) is 0 Å². The van der Waals surface area contributed by atoms with Gasteiger partial charge in [0.15, 0.2) is 0 Å². The highest BCUT2D eigenvalue weighted by molar-refractivity contribution is 5.91. The summed E-state index contributed by atoms with van der Waals surface area (Å²) in [5.74, 6) is -14.1. The molecule has 0 aromatic heterocycles. The van der Waals surface area contributed by atoms with Crippen LogP contribution >= 0.6 is 0 Å². The second-order valence-electron chi connectivity index (χ2n) is 8.86. The average molecular weight is 610 g/mol. The fourth-order valence-corrected chi connectivity index (χ4v) is 3.72. The molecule has 0 radical (unpaired) electrons. The van der Waals surface area contributed by atoms with E-state index in [0.29, 0.717) is 0 Å². The van der Waals surface area contributed by atoms with Crippen molar-refractivity contribution in [3.05, 3.63) is 143 Å². The zero-order valence-electron chi connectivity index (χ0n) is 22.0. The molecule has 0 aliphatic rings. The van der Waals surface area contributed by atoms with Crippen LogP contribution < -0.4 is 18.9 Å². The van der Waals surface area contributed by atoms with Gasteiger partial charge in [0.1, 0.15) is 34.6 Å². The van der Waals surface area contributed by atoms with Crippen molar-refractivity contribution in [2.75, 3.05) is 0 Å². The van der Waals surface area contributed by atoms with E-state index in [1.807, 2.05) is 0 Å². The van der Waals surface area contributed by atoms with E-state index < -0.39 is 58.3 Å². The first kappa shape index (κ1) is 29.7. The van der Waals surface area contributed by atoms with Crippen LogP contribution in [0, 0.1) is 34.9 Å². The third-order valence-electron chi connectivity index (χ3n) is 5.81. The van der Waals surface area contributed by atoms with Gasteiger partial charge in [-0.15, -0.1) is 0 Å². The summed E-state index contributed by atoms with van der Waals surface area (Å²) in [7, 11) is 0. The van der Waals surface area contributed by atoms with Crippen molar-refractivity contribution in [3.8, 4) is 34.5 Å². The molecule has 0 atom stereocenters. The smallest absolute Gasteiger partial charge is 0.343 e. The molecule has 12 heteroatoms. The van der Waals surface area contributed by atoms with E-state index in [1.54, 1.807) is 0 Å². The number of carbonyl (C=O) groups excluding carboxylic acids is 2. The van der Waals surface area contributed by atoms with Gasteiger partial charge < -0.3 is 18.9 Å². The highest BCUT2D eigenvalue weighted by Gasteiger charge is 2.29. The predicted molar refractivity (Wildman–Crippen MR) is 142 cm³/mol. The maximum atomic E-state index is 14.8. The lowest BCUT2D eigenvalue weighted by Gasteiger charge is -2.14. The molecule has 222 valence electrons. The van der Waals surface area contributed by atoms with Crippen molar-refractivity contribution in [2.45, 2.75) is 0 Å². The number of esters is 2. The van der Waals surface area contributed by atoms with Gasteiger partial charge in [-0.2, -0.15) is 17.6 Å². The molecule has 5 rings (SSSR count). The molecular formula is C32H16F6O6. The van der Waals surface area contributed by atoms with Crippen molar-refractivity contribution in [2.24, 2.45) is 0 Å². The third-order valence-corrected chi connectivity index (χ3v) is 5.81. The molecule has 0 N–H and O–H groups in total. The lowest BCUT2D eigenvalue weighted by Crippen LogP contribution is -2.08. The summed E-state index contributed by atoms with van der Waals surface area (Å²) in [6, 6.07) is 18.6. The summed E-state index contributed by atoms with van der Waals surface area (Å²) in [5, 5.41) is 0. The van der Waals surface area contributed by atoms with E-state index in [4.69, 9.17) is 18.9 Å². The minimum Gasteiger partial charge on any atom is -0.451 e. The molecule has 0 bridgehead atoms. The van der Waals surface area contributed by atoms with Gasteiger partial charge in [0.2, 0.25) is 34.8 Å². The fraction of sp³-hybridized carbons (Fsp3) is 0. The number of benzene rings is 5. The van der Waals surface area contributed by atoms with E-state index in [2.05, 4.69) is 0 Å². The lowest BCUT2D eigenvalue weighted by atomic mass is 10.2. The van der Waals surface area contributed by atoms with Crippen LogP contribution in [0.3, 0.4) is 0 Å². The highest BCUT2D eigenvalue weighted by atomic mass is 19.2. The van der Waals surface area contributed by atoms with Crippen LogP contribution in [0.2, 0.25) is 0 Å². The molecule has 0 fully saturated rings. The lowest BCUT2D eigenvalue weighted by molar-refractivity contribution is 0.0724. The van der Waals surface area contributed by atoms with Crippen molar-refractivity contribution < 1.29 is 54.9 Å². The van der Waals surface area contributed by atoms with Crippen molar-refractivity contribution in [3.63, 3.8) is 0 Å². The second-order valence-corrected chi connectivity index (χ2v) is 8.86. The molecule has 0 aliphatic heterocycles. The quantitative estimate of drug-likeness (QED) is 0.0759. The summed E-state index contributed by atoms with van der Waals surface area (Å²) in [6.45, 7) is 0. The number of ether oxygens (including phenoxy) is 4. The molecule has 6 nitrogen and oxygen atoms in total. The molecule has 5 aromatic carbocycles. The minimum absolute atomic E-state index is 0.0385. The average Bonchev–Trinajstić information content (AvgIpc) is 3.02. The monoisotopic (exact) mass is 610 g/mol. The van der Waals surface area contributed by atoms with Gasteiger partial charge in [0.05, 0.1) is 11.1 Å². The first-order chi connectivity index (χ1) is 21.1. The third kappa shape index (κ3) is 6.65. The van der Waals surface area contributed by atoms with Gasteiger partial charge in [0, 0.05) is 0 Å². The maximum Gasteiger partial charge on any atom is 0.343 e. The summed E-state index contributed by atoms with van der Waals surface area (Å²) >= 11 is 0. The predicted octanol–water partition coefficient (Wildman–Crippen LogP) is 8.54. The van der Waals surface area contributed by atoms with E-state index in [1.165, 1.54) is 48.5 Å². The van der Waals surface area contributed by atoms with Crippen LogP contribution in [0.15, 0.2) is 97.1 Å². The Labute approximate surface area is 244 Å². The molecule has 0 spiro atoms. The molecule has 0 heterocycles. The number of hydrogen-bond acceptors (Lipinski definition) is 6. The van der Waals surface area contributed by atoms with Gasteiger partial charge in [-0.25, -0.2) is 18.4 Å². The topological polar surface area (TPSA) is 71.1 Å². The first-order valence-electron chi connectivity index (χ1n) is 12.5. The second kappa shape index (κ2) is 12.6. The van der Waals surface area contributed by atoms with Gasteiger partial charge in [-0.1, -0.05) is 12.1 Å². The summed E-state index contributed by atoms with van der Waals surface area (Å²) < 4.78 is 106. The Morgan fingerprint density at radius 3 is 1.07 bits per heavy atom.